The number of hydrogen-bond donors (Lipinski definition) is 2. The van der Waals surface area contributed by atoms with Crippen LogP contribution in [-0.2, 0) is 4.79 Å². The van der Waals surface area contributed by atoms with Crippen LogP contribution in [0.2, 0.25) is 0 Å². The number of hydrogen-bond acceptors (Lipinski definition) is 4. The van der Waals surface area contributed by atoms with E-state index in [1.807, 2.05) is 30.3 Å². The Balaban J connectivity index is 1.78. The van der Waals surface area contributed by atoms with Crippen molar-refractivity contribution in [3.63, 3.8) is 0 Å². The second-order valence-corrected chi connectivity index (χ2v) is 6.03. The van der Waals surface area contributed by atoms with Gasteiger partial charge in [0.1, 0.15) is 17.2 Å². The van der Waals surface area contributed by atoms with Gasteiger partial charge in [0.25, 0.3) is 0 Å². The van der Waals surface area contributed by atoms with Crippen LogP contribution < -0.4 is 14.8 Å². The molecule has 0 unspecified atom stereocenters. The third kappa shape index (κ3) is 5.46. The molecular weight excluding hydrogens is 370 g/mol. The molecule has 0 spiro atoms. The fraction of sp³-hybridized carbons (Fsp3) is 0.0435. The average molecular weight is 389 g/mol. The standard InChI is InChI=1S/C23H19NO5/c1-28-18-9-5-6-16(14-18)10-13-22(25)24-21-15-19(11-12-20(21)23(26)27)29-17-7-3-2-4-8-17/h2-15H,1H3,(H,24,25)(H,26,27)/b13-10+. The van der Waals surface area contributed by atoms with E-state index in [9.17, 15) is 14.7 Å². The first kappa shape index (κ1) is 19.7. The molecule has 6 heteroatoms. The van der Waals surface area contributed by atoms with Gasteiger partial charge in [-0.3, -0.25) is 4.79 Å². The number of aromatic carboxylic acids is 1. The second-order valence-electron chi connectivity index (χ2n) is 6.03. The summed E-state index contributed by atoms with van der Waals surface area (Å²) in [5.41, 5.74) is 0.888. The fourth-order valence-corrected chi connectivity index (χ4v) is 2.59. The van der Waals surface area contributed by atoms with Gasteiger partial charge in [0.2, 0.25) is 5.91 Å². The number of anilines is 1. The quantitative estimate of drug-likeness (QED) is 0.565. The van der Waals surface area contributed by atoms with Crippen molar-refractivity contribution < 1.29 is 24.2 Å². The van der Waals surface area contributed by atoms with Crippen molar-refractivity contribution in [1.29, 1.82) is 0 Å². The van der Waals surface area contributed by atoms with Crippen molar-refractivity contribution in [2.45, 2.75) is 0 Å². The minimum absolute atomic E-state index is 0.0338. The van der Waals surface area contributed by atoms with E-state index in [4.69, 9.17) is 9.47 Å². The Morgan fingerprint density at radius 1 is 0.897 bits per heavy atom. The third-order valence-electron chi connectivity index (χ3n) is 3.98. The molecule has 0 aliphatic heterocycles. The van der Waals surface area contributed by atoms with Gasteiger partial charge in [-0.1, -0.05) is 30.3 Å². The number of rotatable bonds is 7. The van der Waals surface area contributed by atoms with E-state index >= 15 is 0 Å². The number of benzene rings is 3. The Kier molecular flexibility index (Phi) is 6.27. The summed E-state index contributed by atoms with van der Waals surface area (Å²) in [7, 11) is 1.56. The summed E-state index contributed by atoms with van der Waals surface area (Å²) in [5, 5.41) is 12.0. The molecule has 0 saturated heterocycles. The Bertz CT molecular complexity index is 1040. The molecule has 0 fully saturated rings. The number of nitrogens with one attached hydrogen (secondary N) is 1. The lowest BCUT2D eigenvalue weighted by Crippen LogP contribution is -2.12. The molecule has 6 nitrogen and oxygen atoms in total. The van der Waals surface area contributed by atoms with Gasteiger partial charge in [-0.15, -0.1) is 0 Å². The molecule has 0 aliphatic carbocycles. The molecule has 29 heavy (non-hydrogen) atoms. The highest BCUT2D eigenvalue weighted by molar-refractivity contribution is 6.06. The Morgan fingerprint density at radius 3 is 2.38 bits per heavy atom. The Morgan fingerprint density at radius 2 is 1.66 bits per heavy atom. The molecule has 3 rings (SSSR count). The van der Waals surface area contributed by atoms with Gasteiger partial charge < -0.3 is 19.9 Å². The summed E-state index contributed by atoms with van der Waals surface area (Å²) >= 11 is 0. The maximum absolute atomic E-state index is 12.3. The van der Waals surface area contributed by atoms with E-state index in [-0.39, 0.29) is 11.3 Å². The molecule has 0 aromatic heterocycles. The number of ether oxygens (including phenoxy) is 2. The summed E-state index contributed by atoms with van der Waals surface area (Å²) in [6.07, 6.45) is 2.94. The molecule has 3 aromatic rings. The van der Waals surface area contributed by atoms with Gasteiger partial charge in [0.15, 0.2) is 0 Å². The van der Waals surface area contributed by atoms with Crippen molar-refractivity contribution in [1.82, 2.24) is 0 Å². The first-order valence-electron chi connectivity index (χ1n) is 8.78. The zero-order chi connectivity index (χ0) is 20.6. The minimum atomic E-state index is -1.15. The van der Waals surface area contributed by atoms with Crippen LogP contribution in [0, 0.1) is 0 Å². The number of carbonyl (C=O) groups is 2. The summed E-state index contributed by atoms with van der Waals surface area (Å²) in [6, 6.07) is 20.7. The van der Waals surface area contributed by atoms with Crippen molar-refractivity contribution in [2.75, 3.05) is 12.4 Å². The van der Waals surface area contributed by atoms with Crippen LogP contribution in [-0.4, -0.2) is 24.1 Å². The van der Waals surface area contributed by atoms with Gasteiger partial charge in [0, 0.05) is 12.1 Å². The molecule has 1 amide bonds. The predicted molar refractivity (Wildman–Crippen MR) is 111 cm³/mol. The number of para-hydroxylation sites is 1. The van der Waals surface area contributed by atoms with Crippen LogP contribution in [0.15, 0.2) is 78.9 Å². The molecule has 3 aromatic carbocycles. The maximum atomic E-state index is 12.3. The van der Waals surface area contributed by atoms with Crippen LogP contribution in [0.25, 0.3) is 6.08 Å². The van der Waals surface area contributed by atoms with Crippen molar-refractivity contribution in [3.8, 4) is 17.2 Å². The molecule has 0 bridgehead atoms. The molecule has 2 N–H and O–H groups in total. The fourth-order valence-electron chi connectivity index (χ4n) is 2.59. The Hall–Kier alpha value is -4.06. The summed E-state index contributed by atoms with van der Waals surface area (Å²) in [5.74, 6) is 0.0704. The van der Waals surface area contributed by atoms with Crippen LogP contribution in [0.3, 0.4) is 0 Å². The topological polar surface area (TPSA) is 84.9 Å². The smallest absolute Gasteiger partial charge is 0.337 e. The summed E-state index contributed by atoms with van der Waals surface area (Å²) in [6.45, 7) is 0. The highest BCUT2D eigenvalue weighted by atomic mass is 16.5. The predicted octanol–water partition coefficient (Wildman–Crippen LogP) is 4.84. The molecule has 0 radical (unpaired) electrons. The number of amides is 1. The lowest BCUT2D eigenvalue weighted by Gasteiger charge is -2.11. The molecule has 0 saturated carbocycles. The van der Waals surface area contributed by atoms with Gasteiger partial charge in [-0.25, -0.2) is 4.79 Å². The first-order valence-corrected chi connectivity index (χ1v) is 8.78. The molecule has 0 aliphatic rings. The zero-order valence-corrected chi connectivity index (χ0v) is 15.7. The van der Waals surface area contributed by atoms with E-state index in [2.05, 4.69) is 5.32 Å². The Labute approximate surface area is 168 Å². The van der Waals surface area contributed by atoms with Crippen molar-refractivity contribution in [2.24, 2.45) is 0 Å². The van der Waals surface area contributed by atoms with Gasteiger partial charge in [-0.2, -0.15) is 0 Å². The average Bonchev–Trinajstić information content (AvgIpc) is 2.73. The molecule has 0 heterocycles. The number of methoxy groups -OCH3 is 1. The second kappa shape index (κ2) is 9.23. The number of carboxylic acid groups (broad SMARTS) is 1. The molecule has 146 valence electrons. The molecule has 0 atom stereocenters. The van der Waals surface area contributed by atoms with Crippen LogP contribution >= 0.6 is 0 Å². The van der Waals surface area contributed by atoms with Crippen molar-refractivity contribution >= 4 is 23.6 Å². The van der Waals surface area contributed by atoms with Crippen LogP contribution in [0.1, 0.15) is 15.9 Å². The highest BCUT2D eigenvalue weighted by Crippen LogP contribution is 2.27. The van der Waals surface area contributed by atoms with Crippen molar-refractivity contribution in [3.05, 3.63) is 90.0 Å². The number of carbonyl (C=O) groups excluding carboxylic acids is 1. The van der Waals surface area contributed by atoms with Crippen LogP contribution in [0.5, 0.6) is 17.2 Å². The maximum Gasteiger partial charge on any atom is 0.337 e. The molecular formula is C23H19NO5. The van der Waals surface area contributed by atoms with Gasteiger partial charge >= 0.3 is 5.97 Å². The summed E-state index contributed by atoms with van der Waals surface area (Å²) in [4.78, 5) is 23.8. The zero-order valence-electron chi connectivity index (χ0n) is 15.7. The monoisotopic (exact) mass is 389 g/mol. The first-order chi connectivity index (χ1) is 14.0. The van der Waals surface area contributed by atoms with Gasteiger partial charge in [0.05, 0.1) is 18.4 Å². The lowest BCUT2D eigenvalue weighted by molar-refractivity contribution is -0.111. The minimum Gasteiger partial charge on any atom is -0.497 e. The van der Waals surface area contributed by atoms with E-state index in [1.54, 1.807) is 37.5 Å². The van der Waals surface area contributed by atoms with E-state index in [0.717, 1.165) is 5.56 Å². The highest BCUT2D eigenvalue weighted by Gasteiger charge is 2.13. The van der Waals surface area contributed by atoms with E-state index in [0.29, 0.717) is 17.2 Å². The van der Waals surface area contributed by atoms with Gasteiger partial charge in [-0.05, 0) is 48.0 Å². The van der Waals surface area contributed by atoms with E-state index in [1.165, 1.54) is 24.3 Å². The van der Waals surface area contributed by atoms with Crippen LogP contribution in [0.4, 0.5) is 5.69 Å². The summed E-state index contributed by atoms with van der Waals surface area (Å²) < 4.78 is 10.9. The largest absolute Gasteiger partial charge is 0.497 e. The van der Waals surface area contributed by atoms with E-state index < -0.39 is 11.9 Å². The normalized spacial score (nSPS) is 10.5. The lowest BCUT2D eigenvalue weighted by atomic mass is 10.1. The number of carboxylic acids is 1. The SMILES string of the molecule is COc1cccc(/C=C/C(=O)Nc2cc(Oc3ccccc3)ccc2C(=O)O)c1. The third-order valence-corrected chi connectivity index (χ3v) is 3.98.